The van der Waals surface area contributed by atoms with E-state index in [4.69, 9.17) is 5.84 Å². The first-order valence-corrected chi connectivity index (χ1v) is 10.8. The van der Waals surface area contributed by atoms with Gasteiger partial charge in [0.2, 0.25) is 11.1 Å². The number of anilines is 2. The number of hydrogen-bond donors (Lipinski definition) is 2. The zero-order chi connectivity index (χ0) is 19.5. The maximum absolute atomic E-state index is 12.3. The first kappa shape index (κ1) is 19.1. The maximum Gasteiger partial charge on any atom is 0.234 e. The van der Waals surface area contributed by atoms with Crippen LogP contribution in [0.5, 0.6) is 0 Å². The van der Waals surface area contributed by atoms with Gasteiger partial charge in [-0.15, -0.1) is 10.2 Å². The Morgan fingerprint density at radius 3 is 2.54 bits per heavy atom. The molecule has 8 nitrogen and oxygen atoms in total. The molecule has 2 aromatic rings. The van der Waals surface area contributed by atoms with Gasteiger partial charge in [-0.05, 0) is 43.7 Å². The van der Waals surface area contributed by atoms with Crippen LogP contribution in [0.1, 0.15) is 31.5 Å². The number of hydrogen-bond acceptors (Lipinski definition) is 7. The summed E-state index contributed by atoms with van der Waals surface area (Å²) in [4.78, 5) is 17.1. The highest BCUT2D eigenvalue weighted by atomic mass is 32.2. The molecule has 1 aliphatic heterocycles. The van der Waals surface area contributed by atoms with E-state index in [2.05, 4.69) is 44.4 Å². The number of benzene rings is 1. The molecule has 0 spiro atoms. The molecule has 9 heteroatoms. The number of nitrogen functional groups attached to an aromatic ring is 1. The van der Waals surface area contributed by atoms with Crippen molar-refractivity contribution >= 4 is 29.0 Å². The summed E-state index contributed by atoms with van der Waals surface area (Å²) in [5.74, 6) is 7.44. The number of nitrogens with zero attached hydrogens (tertiary/aromatic N) is 5. The van der Waals surface area contributed by atoms with E-state index in [0.717, 1.165) is 57.1 Å². The van der Waals surface area contributed by atoms with Crippen LogP contribution in [-0.4, -0.2) is 64.2 Å². The summed E-state index contributed by atoms with van der Waals surface area (Å²) >= 11 is 1.31. The SMILES string of the molecule is CCN1CCN(c2ccc(NC(=O)CSc3nnc(C4CC4)n3N)cc2)CC1. The van der Waals surface area contributed by atoms with Crippen LogP contribution in [-0.2, 0) is 4.79 Å². The summed E-state index contributed by atoms with van der Waals surface area (Å²) in [5.41, 5.74) is 2.00. The third kappa shape index (κ3) is 4.41. The number of nitrogens with one attached hydrogen (secondary N) is 1. The van der Waals surface area contributed by atoms with Crippen LogP contribution < -0.4 is 16.1 Å². The zero-order valence-electron chi connectivity index (χ0n) is 16.2. The topological polar surface area (TPSA) is 92.3 Å². The van der Waals surface area contributed by atoms with Crippen molar-refractivity contribution in [2.45, 2.75) is 30.8 Å². The number of thioether (sulfide) groups is 1. The number of rotatable bonds is 7. The highest BCUT2D eigenvalue weighted by molar-refractivity contribution is 7.99. The predicted molar refractivity (Wildman–Crippen MR) is 112 cm³/mol. The molecule has 0 radical (unpaired) electrons. The lowest BCUT2D eigenvalue weighted by Gasteiger charge is -2.35. The van der Waals surface area contributed by atoms with Gasteiger partial charge in [0.1, 0.15) is 0 Å². The molecule has 4 rings (SSSR count). The average molecular weight is 402 g/mol. The van der Waals surface area contributed by atoms with Gasteiger partial charge in [0.15, 0.2) is 5.82 Å². The van der Waals surface area contributed by atoms with Crippen LogP contribution in [0.2, 0.25) is 0 Å². The van der Waals surface area contributed by atoms with E-state index in [1.807, 2.05) is 12.1 Å². The smallest absolute Gasteiger partial charge is 0.234 e. The number of carbonyl (C=O) groups excluding carboxylic acids is 1. The molecule has 150 valence electrons. The largest absolute Gasteiger partial charge is 0.369 e. The number of carbonyl (C=O) groups is 1. The second kappa shape index (κ2) is 8.40. The molecular weight excluding hydrogens is 374 g/mol. The average Bonchev–Trinajstić information content (AvgIpc) is 3.50. The molecule has 0 atom stereocenters. The van der Waals surface area contributed by atoms with Gasteiger partial charge in [-0.1, -0.05) is 18.7 Å². The Hall–Kier alpha value is -2.26. The second-order valence-electron chi connectivity index (χ2n) is 7.29. The summed E-state index contributed by atoms with van der Waals surface area (Å²) in [6, 6.07) is 8.06. The zero-order valence-corrected chi connectivity index (χ0v) is 17.0. The first-order chi connectivity index (χ1) is 13.6. The third-order valence-electron chi connectivity index (χ3n) is 5.30. The number of aromatic nitrogens is 3. The van der Waals surface area contributed by atoms with Gasteiger partial charge in [-0.3, -0.25) is 4.79 Å². The van der Waals surface area contributed by atoms with Crippen LogP contribution in [0, 0.1) is 0 Å². The second-order valence-corrected chi connectivity index (χ2v) is 8.23. The molecule has 1 aromatic heterocycles. The number of piperazine rings is 1. The molecule has 2 fully saturated rings. The molecule has 0 bridgehead atoms. The van der Waals surface area contributed by atoms with Crippen molar-refractivity contribution in [3.63, 3.8) is 0 Å². The van der Waals surface area contributed by atoms with E-state index in [1.54, 1.807) is 0 Å². The predicted octanol–water partition coefficient (Wildman–Crippen LogP) is 1.74. The summed E-state index contributed by atoms with van der Waals surface area (Å²) in [5, 5.41) is 11.7. The van der Waals surface area contributed by atoms with E-state index in [9.17, 15) is 4.79 Å². The molecule has 1 saturated carbocycles. The monoisotopic (exact) mass is 401 g/mol. The molecular formula is C19H27N7OS. The van der Waals surface area contributed by atoms with Gasteiger partial charge in [-0.2, -0.15) is 0 Å². The Bertz CT molecular complexity index is 810. The molecule has 2 aliphatic rings. The highest BCUT2D eigenvalue weighted by Crippen LogP contribution is 2.39. The van der Waals surface area contributed by atoms with Gasteiger partial charge in [0.25, 0.3) is 0 Å². The molecule has 1 saturated heterocycles. The Morgan fingerprint density at radius 2 is 1.89 bits per heavy atom. The Morgan fingerprint density at radius 1 is 1.18 bits per heavy atom. The van der Waals surface area contributed by atoms with Crippen molar-refractivity contribution in [2.24, 2.45) is 0 Å². The minimum absolute atomic E-state index is 0.0784. The molecule has 1 amide bonds. The molecule has 28 heavy (non-hydrogen) atoms. The van der Waals surface area contributed by atoms with Crippen molar-refractivity contribution in [3.8, 4) is 0 Å². The number of amides is 1. The number of nitrogens with two attached hydrogens (primary N) is 1. The van der Waals surface area contributed by atoms with Crippen molar-refractivity contribution in [1.82, 2.24) is 19.8 Å². The third-order valence-corrected chi connectivity index (χ3v) is 6.24. The summed E-state index contributed by atoms with van der Waals surface area (Å²) in [7, 11) is 0. The van der Waals surface area contributed by atoms with Crippen molar-refractivity contribution < 1.29 is 4.79 Å². The first-order valence-electron chi connectivity index (χ1n) is 9.84. The van der Waals surface area contributed by atoms with E-state index < -0.39 is 0 Å². The van der Waals surface area contributed by atoms with Crippen molar-refractivity contribution in [2.75, 3.05) is 54.5 Å². The van der Waals surface area contributed by atoms with Crippen LogP contribution >= 0.6 is 11.8 Å². The van der Waals surface area contributed by atoms with Gasteiger partial charge in [0, 0.05) is 43.5 Å². The molecule has 3 N–H and O–H groups in total. The van der Waals surface area contributed by atoms with Gasteiger partial charge >= 0.3 is 0 Å². The lowest BCUT2D eigenvalue weighted by Crippen LogP contribution is -2.46. The molecule has 0 unspecified atom stereocenters. The fraction of sp³-hybridized carbons (Fsp3) is 0.526. The van der Waals surface area contributed by atoms with Crippen molar-refractivity contribution in [1.29, 1.82) is 0 Å². The van der Waals surface area contributed by atoms with Gasteiger partial charge in [0.05, 0.1) is 5.75 Å². The summed E-state index contributed by atoms with van der Waals surface area (Å²) in [6.07, 6.45) is 2.23. The van der Waals surface area contributed by atoms with Crippen LogP contribution in [0.3, 0.4) is 0 Å². The Labute approximate surface area is 169 Å². The Kier molecular flexibility index (Phi) is 5.72. The lowest BCUT2D eigenvalue weighted by atomic mass is 10.2. The lowest BCUT2D eigenvalue weighted by molar-refractivity contribution is -0.113. The van der Waals surface area contributed by atoms with Crippen LogP contribution in [0.4, 0.5) is 11.4 Å². The molecule has 1 aromatic carbocycles. The standard InChI is InChI=1S/C19H27N7OS/c1-2-24-9-11-25(12-10-24)16-7-5-15(6-8-16)21-17(27)13-28-19-23-22-18(26(19)20)14-3-4-14/h5-8,14H,2-4,9-13,20H2,1H3,(H,21,27). The fourth-order valence-corrected chi connectivity index (χ4v) is 4.08. The normalized spacial score (nSPS) is 17.7. The van der Waals surface area contributed by atoms with Crippen LogP contribution in [0.15, 0.2) is 29.4 Å². The number of likely N-dealkylation sites (N-methyl/N-ethyl adjacent to an activating group) is 1. The van der Waals surface area contributed by atoms with Gasteiger partial charge in [-0.25, -0.2) is 4.68 Å². The van der Waals surface area contributed by atoms with Gasteiger partial charge < -0.3 is 21.0 Å². The maximum atomic E-state index is 12.3. The minimum Gasteiger partial charge on any atom is -0.369 e. The quantitative estimate of drug-likeness (QED) is 0.539. The van der Waals surface area contributed by atoms with E-state index in [1.165, 1.54) is 22.1 Å². The summed E-state index contributed by atoms with van der Waals surface area (Å²) in [6.45, 7) is 7.59. The molecule has 1 aliphatic carbocycles. The Balaban J connectivity index is 1.26. The van der Waals surface area contributed by atoms with E-state index in [-0.39, 0.29) is 11.7 Å². The fourth-order valence-electron chi connectivity index (χ4n) is 3.41. The van der Waals surface area contributed by atoms with E-state index in [0.29, 0.717) is 11.1 Å². The molecule has 2 heterocycles. The minimum atomic E-state index is -0.0784. The summed E-state index contributed by atoms with van der Waals surface area (Å²) < 4.78 is 1.52. The van der Waals surface area contributed by atoms with Crippen LogP contribution in [0.25, 0.3) is 0 Å². The van der Waals surface area contributed by atoms with Crippen molar-refractivity contribution in [3.05, 3.63) is 30.1 Å². The van der Waals surface area contributed by atoms with E-state index >= 15 is 0 Å². The highest BCUT2D eigenvalue weighted by Gasteiger charge is 2.30.